The van der Waals surface area contributed by atoms with Crippen LogP contribution >= 0.6 is 0 Å². The number of aliphatic carboxylic acids is 1. The Morgan fingerprint density at radius 1 is 1.21 bits per heavy atom. The lowest BCUT2D eigenvalue weighted by Crippen LogP contribution is -2.47. The van der Waals surface area contributed by atoms with E-state index in [1.54, 1.807) is 0 Å². The molecule has 0 aromatic rings. The molecule has 0 heterocycles. The molecule has 80 valence electrons. The van der Waals surface area contributed by atoms with Crippen molar-refractivity contribution in [3.63, 3.8) is 0 Å². The predicted octanol–water partition coefficient (Wildman–Crippen LogP) is -2.27. The topological polar surface area (TPSA) is 127 Å². The smallest absolute Gasteiger partial charge is 0.320 e. The summed E-state index contributed by atoms with van der Waals surface area (Å²) in [5.74, 6) is -2.56. The summed E-state index contributed by atoms with van der Waals surface area (Å²) >= 11 is 0. The molecule has 0 aromatic heterocycles. The normalized spacial score (nSPS) is 12.4. The molecule has 0 unspecified atom stereocenters. The fourth-order valence-corrected chi connectivity index (χ4v) is 0.886. The van der Waals surface area contributed by atoms with Crippen molar-refractivity contribution in [2.45, 2.75) is 13.0 Å². The minimum Gasteiger partial charge on any atom is -0.480 e. The first kappa shape index (κ1) is 12.4. The van der Waals surface area contributed by atoms with Crippen LogP contribution in [0.5, 0.6) is 0 Å². The molecule has 5 N–H and O–H groups in total. The third-order valence-corrected chi connectivity index (χ3v) is 1.62. The Labute approximate surface area is 80.6 Å². The van der Waals surface area contributed by atoms with Gasteiger partial charge in [0.2, 0.25) is 11.8 Å². The summed E-state index contributed by atoms with van der Waals surface area (Å²) in [6.45, 7) is 0.723. The van der Waals surface area contributed by atoms with Crippen molar-refractivity contribution in [1.29, 1.82) is 0 Å². The van der Waals surface area contributed by atoms with E-state index in [4.69, 9.17) is 16.6 Å². The number of carbonyl (C=O) groups excluding carboxylic acids is 2. The molecule has 7 heteroatoms. The molecule has 0 radical (unpaired) electrons. The van der Waals surface area contributed by atoms with Gasteiger partial charge in [-0.25, -0.2) is 0 Å². The van der Waals surface area contributed by atoms with Gasteiger partial charge in [0.05, 0.1) is 13.1 Å². The van der Waals surface area contributed by atoms with Crippen molar-refractivity contribution in [2.24, 2.45) is 11.5 Å². The molecule has 0 saturated carbocycles. The first-order chi connectivity index (χ1) is 6.34. The Morgan fingerprint density at radius 2 is 1.57 bits per heavy atom. The van der Waals surface area contributed by atoms with E-state index in [1.165, 1.54) is 6.92 Å². The number of nitrogens with zero attached hydrogens (tertiary/aromatic N) is 1. The molecule has 1 atom stereocenters. The predicted molar refractivity (Wildman–Crippen MR) is 47.1 cm³/mol. The van der Waals surface area contributed by atoms with E-state index in [0.717, 1.165) is 4.90 Å². The minimum absolute atomic E-state index is 0.309. The van der Waals surface area contributed by atoms with Crippen molar-refractivity contribution in [3.8, 4) is 0 Å². The highest BCUT2D eigenvalue weighted by Crippen LogP contribution is 1.97. The van der Waals surface area contributed by atoms with Gasteiger partial charge in [-0.1, -0.05) is 0 Å². The molecule has 0 fully saturated rings. The average molecular weight is 203 g/mol. The monoisotopic (exact) mass is 203 g/mol. The van der Waals surface area contributed by atoms with E-state index in [-0.39, 0.29) is 13.1 Å². The molecular weight excluding hydrogens is 190 g/mol. The lowest BCUT2D eigenvalue weighted by Gasteiger charge is -2.22. The van der Waals surface area contributed by atoms with Crippen LogP contribution in [0, 0.1) is 0 Å². The number of carboxylic acid groups (broad SMARTS) is 1. The van der Waals surface area contributed by atoms with Gasteiger partial charge in [-0.05, 0) is 6.92 Å². The Hall–Kier alpha value is -1.63. The van der Waals surface area contributed by atoms with Gasteiger partial charge >= 0.3 is 5.97 Å². The molecule has 0 rings (SSSR count). The summed E-state index contributed by atoms with van der Waals surface area (Å²) in [7, 11) is 0. The molecule has 0 bridgehead atoms. The van der Waals surface area contributed by atoms with Crippen molar-refractivity contribution in [2.75, 3.05) is 13.1 Å². The van der Waals surface area contributed by atoms with Gasteiger partial charge < -0.3 is 16.6 Å². The third-order valence-electron chi connectivity index (χ3n) is 1.62. The highest BCUT2D eigenvalue weighted by molar-refractivity contribution is 5.81. The van der Waals surface area contributed by atoms with Crippen LogP contribution in [0.1, 0.15) is 6.92 Å². The third kappa shape index (κ3) is 4.41. The van der Waals surface area contributed by atoms with Crippen LogP contribution in [0.4, 0.5) is 0 Å². The Bertz CT molecular complexity index is 237. The van der Waals surface area contributed by atoms with Gasteiger partial charge in [0.15, 0.2) is 0 Å². The summed E-state index contributed by atoms with van der Waals surface area (Å²) in [4.78, 5) is 32.8. The standard InChI is InChI=1S/C7H13N3O4/c1-4(7(13)14)10(2-5(8)11)3-6(9)12/h4H,2-3H2,1H3,(H2,8,11)(H2,9,12)(H,13,14)/t4-/m0/s1. The molecule has 0 aliphatic rings. The van der Waals surface area contributed by atoms with Gasteiger partial charge in [-0.15, -0.1) is 0 Å². The Kier molecular flexibility index (Phi) is 4.57. The van der Waals surface area contributed by atoms with Crippen molar-refractivity contribution in [1.82, 2.24) is 4.90 Å². The molecule has 14 heavy (non-hydrogen) atoms. The van der Waals surface area contributed by atoms with Crippen molar-refractivity contribution >= 4 is 17.8 Å². The van der Waals surface area contributed by atoms with E-state index >= 15 is 0 Å². The molecule has 0 aromatic carbocycles. The molecular formula is C7H13N3O4. The highest BCUT2D eigenvalue weighted by atomic mass is 16.4. The van der Waals surface area contributed by atoms with E-state index in [0.29, 0.717) is 0 Å². The Balaban J connectivity index is 4.45. The number of carboxylic acids is 1. The Morgan fingerprint density at radius 3 is 1.79 bits per heavy atom. The number of amides is 2. The van der Waals surface area contributed by atoms with E-state index in [1.807, 2.05) is 0 Å². The van der Waals surface area contributed by atoms with Gasteiger partial charge in [0.1, 0.15) is 6.04 Å². The number of nitrogens with two attached hydrogens (primary N) is 2. The summed E-state index contributed by atoms with van der Waals surface area (Å²) in [6.07, 6.45) is 0. The second kappa shape index (κ2) is 5.18. The maximum atomic E-state index is 10.6. The van der Waals surface area contributed by atoms with E-state index in [9.17, 15) is 14.4 Å². The molecule has 0 aliphatic carbocycles. The number of hydrogen-bond donors (Lipinski definition) is 3. The lowest BCUT2D eigenvalue weighted by molar-refractivity contribution is -0.143. The average Bonchev–Trinajstić information content (AvgIpc) is 1.99. The number of carbonyl (C=O) groups is 3. The first-order valence-corrected chi connectivity index (χ1v) is 3.88. The number of rotatable bonds is 6. The fraction of sp³-hybridized carbons (Fsp3) is 0.571. The zero-order chi connectivity index (χ0) is 11.3. The fourth-order valence-electron chi connectivity index (χ4n) is 0.886. The van der Waals surface area contributed by atoms with E-state index < -0.39 is 23.8 Å². The van der Waals surface area contributed by atoms with Crippen LogP contribution < -0.4 is 11.5 Å². The lowest BCUT2D eigenvalue weighted by atomic mass is 10.2. The largest absolute Gasteiger partial charge is 0.480 e. The minimum atomic E-state index is -1.15. The maximum absolute atomic E-state index is 10.6. The van der Waals surface area contributed by atoms with Crippen LogP contribution in [0.3, 0.4) is 0 Å². The SMILES string of the molecule is C[C@@H](C(=O)O)N(CC(N)=O)CC(N)=O. The van der Waals surface area contributed by atoms with Crippen LogP contribution in [-0.4, -0.2) is 46.9 Å². The van der Waals surface area contributed by atoms with Crippen molar-refractivity contribution in [3.05, 3.63) is 0 Å². The van der Waals surface area contributed by atoms with Gasteiger partial charge in [0, 0.05) is 0 Å². The summed E-state index contributed by atoms with van der Waals surface area (Å²) in [6, 6.07) is -0.977. The van der Waals surface area contributed by atoms with Gasteiger partial charge in [-0.3, -0.25) is 19.3 Å². The highest BCUT2D eigenvalue weighted by Gasteiger charge is 2.23. The molecule has 0 aliphatic heterocycles. The quantitative estimate of drug-likeness (QED) is 0.448. The van der Waals surface area contributed by atoms with Gasteiger partial charge in [0.25, 0.3) is 0 Å². The second-order valence-corrected chi connectivity index (χ2v) is 2.85. The first-order valence-electron chi connectivity index (χ1n) is 3.88. The molecule has 0 spiro atoms. The number of hydrogen-bond acceptors (Lipinski definition) is 4. The van der Waals surface area contributed by atoms with Crippen LogP contribution in [-0.2, 0) is 14.4 Å². The second-order valence-electron chi connectivity index (χ2n) is 2.85. The zero-order valence-corrected chi connectivity index (χ0v) is 7.77. The zero-order valence-electron chi connectivity index (χ0n) is 7.77. The summed E-state index contributed by atoms with van der Waals surface area (Å²) < 4.78 is 0. The van der Waals surface area contributed by atoms with E-state index in [2.05, 4.69) is 0 Å². The van der Waals surface area contributed by atoms with Crippen LogP contribution in [0.15, 0.2) is 0 Å². The molecule has 2 amide bonds. The van der Waals surface area contributed by atoms with Crippen LogP contribution in [0.25, 0.3) is 0 Å². The van der Waals surface area contributed by atoms with Crippen LogP contribution in [0.2, 0.25) is 0 Å². The summed E-state index contributed by atoms with van der Waals surface area (Å²) in [5, 5.41) is 8.63. The van der Waals surface area contributed by atoms with Gasteiger partial charge in [-0.2, -0.15) is 0 Å². The summed E-state index contributed by atoms with van der Waals surface area (Å²) in [5.41, 5.74) is 9.76. The number of primary amides is 2. The molecule has 7 nitrogen and oxygen atoms in total. The van der Waals surface area contributed by atoms with Crippen molar-refractivity contribution < 1.29 is 19.5 Å². The molecule has 0 saturated heterocycles. The maximum Gasteiger partial charge on any atom is 0.320 e.